The van der Waals surface area contributed by atoms with Gasteiger partial charge in [0.05, 0.1) is 6.61 Å². The molecular formula is C17H26N2O. The molecule has 0 aromatic heterocycles. The minimum atomic E-state index is 0.228. The largest absolute Gasteiger partial charge is 0.493 e. The monoisotopic (exact) mass is 274 g/mol. The van der Waals surface area contributed by atoms with E-state index in [1.54, 1.807) is 0 Å². The summed E-state index contributed by atoms with van der Waals surface area (Å²) in [5, 5.41) is 0. The maximum Gasteiger partial charge on any atom is 0.127 e. The predicted molar refractivity (Wildman–Crippen MR) is 81.5 cm³/mol. The van der Waals surface area contributed by atoms with Gasteiger partial charge in [0.2, 0.25) is 0 Å². The fourth-order valence-corrected chi connectivity index (χ4v) is 3.73. The number of aryl methyl sites for hydroxylation is 1. The number of fused-ring (bicyclic) bond motifs is 1. The molecule has 0 amide bonds. The van der Waals surface area contributed by atoms with Crippen molar-refractivity contribution < 1.29 is 4.74 Å². The number of benzene rings is 1. The van der Waals surface area contributed by atoms with Crippen molar-refractivity contribution in [3.05, 3.63) is 29.3 Å². The summed E-state index contributed by atoms with van der Waals surface area (Å²) >= 11 is 0. The number of para-hydroxylation sites is 1. The van der Waals surface area contributed by atoms with Gasteiger partial charge < -0.3 is 4.74 Å². The Labute approximate surface area is 121 Å². The maximum absolute atomic E-state index is 5.93. The Hall–Kier alpha value is -1.06. The number of hydrogen-bond donors (Lipinski definition) is 2. The van der Waals surface area contributed by atoms with Crippen molar-refractivity contribution in [3.8, 4) is 5.75 Å². The molecule has 3 N–H and O–H groups in total. The van der Waals surface area contributed by atoms with Crippen molar-refractivity contribution in [3.63, 3.8) is 0 Å². The molecule has 1 saturated carbocycles. The van der Waals surface area contributed by atoms with Crippen LogP contribution in [-0.4, -0.2) is 6.61 Å². The average Bonchev–Trinajstić information content (AvgIpc) is 2.53. The Bertz CT molecular complexity index is 441. The van der Waals surface area contributed by atoms with E-state index in [1.165, 1.54) is 43.2 Å². The van der Waals surface area contributed by atoms with E-state index in [1.807, 2.05) is 0 Å². The van der Waals surface area contributed by atoms with Gasteiger partial charge in [-0.05, 0) is 30.7 Å². The third-order valence-corrected chi connectivity index (χ3v) is 4.83. The van der Waals surface area contributed by atoms with E-state index in [-0.39, 0.29) is 6.04 Å². The number of ether oxygens (including phenoxy) is 1. The van der Waals surface area contributed by atoms with E-state index in [0.717, 1.165) is 37.5 Å². The molecule has 0 radical (unpaired) electrons. The van der Waals surface area contributed by atoms with Crippen LogP contribution in [-0.2, 0) is 6.42 Å². The van der Waals surface area contributed by atoms with Crippen LogP contribution in [0.4, 0.5) is 0 Å². The number of hydrogen-bond acceptors (Lipinski definition) is 3. The van der Waals surface area contributed by atoms with Gasteiger partial charge in [-0.15, -0.1) is 0 Å². The zero-order chi connectivity index (χ0) is 13.8. The average molecular weight is 274 g/mol. The lowest BCUT2D eigenvalue weighted by Crippen LogP contribution is -2.31. The highest BCUT2D eigenvalue weighted by Gasteiger charge is 2.24. The molecule has 1 atom stereocenters. The lowest BCUT2D eigenvalue weighted by molar-refractivity contribution is 0.269. The smallest absolute Gasteiger partial charge is 0.127 e. The van der Waals surface area contributed by atoms with Crippen molar-refractivity contribution in [1.82, 2.24) is 5.43 Å². The van der Waals surface area contributed by atoms with Gasteiger partial charge in [-0.2, -0.15) is 0 Å². The molecule has 1 unspecified atom stereocenters. The maximum atomic E-state index is 5.93. The number of hydrazine groups is 1. The third-order valence-electron chi connectivity index (χ3n) is 4.83. The van der Waals surface area contributed by atoms with Crippen LogP contribution in [0.1, 0.15) is 62.1 Å². The van der Waals surface area contributed by atoms with E-state index in [0.29, 0.717) is 0 Å². The minimum absolute atomic E-state index is 0.228. The zero-order valence-electron chi connectivity index (χ0n) is 12.2. The van der Waals surface area contributed by atoms with Gasteiger partial charge in [-0.1, -0.05) is 50.3 Å². The molecule has 1 aromatic carbocycles. The highest BCUT2D eigenvalue weighted by Crippen LogP contribution is 2.37. The van der Waals surface area contributed by atoms with Crippen LogP contribution in [0.2, 0.25) is 0 Å². The van der Waals surface area contributed by atoms with Gasteiger partial charge in [0.15, 0.2) is 0 Å². The van der Waals surface area contributed by atoms with Crippen LogP contribution in [0.25, 0.3) is 0 Å². The van der Waals surface area contributed by atoms with Crippen molar-refractivity contribution in [2.75, 3.05) is 6.61 Å². The Kier molecular flexibility index (Phi) is 4.58. The summed E-state index contributed by atoms with van der Waals surface area (Å²) in [6.07, 6.45) is 10.3. The lowest BCUT2D eigenvalue weighted by atomic mass is 9.83. The Morgan fingerprint density at radius 2 is 2.05 bits per heavy atom. The predicted octanol–water partition coefficient (Wildman–Crippen LogP) is 3.49. The first-order chi connectivity index (χ1) is 9.88. The molecule has 1 aromatic rings. The van der Waals surface area contributed by atoms with Gasteiger partial charge in [0.25, 0.3) is 0 Å². The first kappa shape index (κ1) is 13.9. The topological polar surface area (TPSA) is 47.3 Å². The SMILES string of the molecule is NNC(CC1CCCCC1)c1cccc2c1OCCC2. The molecule has 110 valence electrons. The number of rotatable bonds is 4. The van der Waals surface area contributed by atoms with Crippen molar-refractivity contribution in [1.29, 1.82) is 0 Å². The number of nitrogens with two attached hydrogens (primary N) is 1. The second-order valence-corrected chi connectivity index (χ2v) is 6.25. The van der Waals surface area contributed by atoms with Gasteiger partial charge in [0.1, 0.15) is 5.75 Å². The van der Waals surface area contributed by atoms with Crippen molar-refractivity contribution >= 4 is 0 Å². The molecule has 3 nitrogen and oxygen atoms in total. The number of nitrogens with one attached hydrogen (secondary N) is 1. The molecule has 1 heterocycles. The van der Waals surface area contributed by atoms with Gasteiger partial charge in [0, 0.05) is 11.6 Å². The van der Waals surface area contributed by atoms with Gasteiger partial charge in [-0.25, -0.2) is 0 Å². The first-order valence-corrected chi connectivity index (χ1v) is 8.09. The molecule has 0 spiro atoms. The van der Waals surface area contributed by atoms with E-state index in [4.69, 9.17) is 10.6 Å². The summed E-state index contributed by atoms with van der Waals surface area (Å²) in [5.74, 6) is 7.75. The summed E-state index contributed by atoms with van der Waals surface area (Å²) in [6.45, 7) is 0.838. The van der Waals surface area contributed by atoms with Crippen LogP contribution in [0.15, 0.2) is 18.2 Å². The fourth-order valence-electron chi connectivity index (χ4n) is 3.73. The summed E-state index contributed by atoms with van der Waals surface area (Å²) in [6, 6.07) is 6.74. The summed E-state index contributed by atoms with van der Waals surface area (Å²) in [7, 11) is 0. The Balaban J connectivity index is 1.78. The molecule has 1 aliphatic heterocycles. The third kappa shape index (κ3) is 2.99. The standard InChI is InChI=1S/C17H26N2O/c18-19-16(12-13-6-2-1-3-7-13)15-10-4-8-14-9-5-11-20-17(14)15/h4,8,10,13,16,19H,1-3,5-7,9,11-12,18H2. The molecule has 2 aliphatic rings. The van der Waals surface area contributed by atoms with Crippen LogP contribution >= 0.6 is 0 Å². The van der Waals surface area contributed by atoms with E-state index in [2.05, 4.69) is 23.6 Å². The highest BCUT2D eigenvalue weighted by atomic mass is 16.5. The molecule has 3 rings (SSSR count). The fraction of sp³-hybridized carbons (Fsp3) is 0.647. The van der Waals surface area contributed by atoms with Crippen molar-refractivity contribution in [2.45, 2.75) is 57.4 Å². The van der Waals surface area contributed by atoms with Crippen LogP contribution in [0, 0.1) is 5.92 Å². The second kappa shape index (κ2) is 6.59. The van der Waals surface area contributed by atoms with E-state index < -0.39 is 0 Å². The molecule has 0 bridgehead atoms. The molecule has 0 saturated heterocycles. The second-order valence-electron chi connectivity index (χ2n) is 6.25. The first-order valence-electron chi connectivity index (χ1n) is 8.09. The van der Waals surface area contributed by atoms with Crippen LogP contribution in [0.3, 0.4) is 0 Å². The molecular weight excluding hydrogens is 248 g/mol. The Morgan fingerprint density at radius 3 is 2.85 bits per heavy atom. The minimum Gasteiger partial charge on any atom is -0.493 e. The normalized spacial score (nSPS) is 21.1. The molecule has 1 fully saturated rings. The summed E-state index contributed by atoms with van der Waals surface area (Å²) in [4.78, 5) is 0. The highest BCUT2D eigenvalue weighted by molar-refractivity contribution is 5.44. The quantitative estimate of drug-likeness (QED) is 0.652. The molecule has 1 aliphatic carbocycles. The van der Waals surface area contributed by atoms with Gasteiger partial charge >= 0.3 is 0 Å². The zero-order valence-corrected chi connectivity index (χ0v) is 12.2. The summed E-state index contributed by atoms with van der Waals surface area (Å²) in [5.41, 5.74) is 5.64. The van der Waals surface area contributed by atoms with Gasteiger partial charge in [-0.3, -0.25) is 11.3 Å². The molecule has 3 heteroatoms. The summed E-state index contributed by atoms with van der Waals surface area (Å²) < 4.78 is 5.93. The lowest BCUT2D eigenvalue weighted by Gasteiger charge is -2.29. The van der Waals surface area contributed by atoms with Crippen molar-refractivity contribution in [2.24, 2.45) is 11.8 Å². The Morgan fingerprint density at radius 1 is 1.20 bits per heavy atom. The van der Waals surface area contributed by atoms with Crippen LogP contribution < -0.4 is 16.0 Å². The molecule has 20 heavy (non-hydrogen) atoms. The van der Waals surface area contributed by atoms with Crippen LogP contribution in [0.5, 0.6) is 5.75 Å². The van der Waals surface area contributed by atoms with E-state index >= 15 is 0 Å². The van der Waals surface area contributed by atoms with E-state index in [9.17, 15) is 0 Å².